The van der Waals surface area contributed by atoms with E-state index in [9.17, 15) is 45.5 Å². The quantitative estimate of drug-likeness (QED) is 0.0774. The molecule has 14 nitrogen and oxygen atoms in total. The number of ether oxygens (including phenoxy) is 2. The molecule has 0 saturated heterocycles. The first-order chi connectivity index (χ1) is 34.2. The number of amides is 4. The molecule has 72 heavy (non-hydrogen) atoms. The number of nitrogens with zero attached hydrogens (tertiary/aromatic N) is 3. The largest absolute Gasteiger partial charge is 0.457 e. The first-order valence-electron chi connectivity index (χ1n) is 21.3. The maximum Gasteiger partial charge on any atom is 0.417 e. The number of halogens is 6. The van der Waals surface area contributed by atoms with Crippen LogP contribution in [-0.4, -0.2) is 33.6 Å². The second-order valence-corrected chi connectivity index (χ2v) is 15.6. The lowest BCUT2D eigenvalue weighted by Gasteiger charge is -2.14. The molecule has 8 aromatic rings. The molecule has 366 valence electrons. The minimum atomic E-state index is -4.73. The predicted molar refractivity (Wildman–Crippen MR) is 259 cm³/mol. The summed E-state index contributed by atoms with van der Waals surface area (Å²) in [5, 5.41) is 22.0. The van der Waals surface area contributed by atoms with Crippen LogP contribution in [-0.2, 0) is 28.5 Å². The molecule has 6 aromatic carbocycles. The van der Waals surface area contributed by atoms with Crippen LogP contribution in [0.3, 0.4) is 0 Å². The summed E-state index contributed by atoms with van der Waals surface area (Å²) in [5.74, 6) is 0.777. The SMILES string of the molecule is CC(=O)Nc1cc(Oc2ccc3ccc(C(=O)Nc4ccc(C#N)c(C(F)(F)F)c4)cc3c2)ccn1.CC(=O)Nc1cc(Oc2ccc3ccc(C(=O)Nc4ccc(CN)c(C(F)(F)F)c4)cc3c2)ccn1.[HH]. The number of hydrogen-bond donors (Lipinski definition) is 5. The zero-order valence-corrected chi connectivity index (χ0v) is 37.7. The minimum Gasteiger partial charge on any atom is -0.457 e. The molecule has 0 unspecified atom stereocenters. The molecule has 8 rings (SSSR count). The van der Waals surface area contributed by atoms with E-state index in [0.717, 1.165) is 29.0 Å². The van der Waals surface area contributed by atoms with Gasteiger partial charge in [-0.15, -0.1) is 0 Å². The van der Waals surface area contributed by atoms with Gasteiger partial charge in [0.1, 0.15) is 34.6 Å². The summed E-state index contributed by atoms with van der Waals surface area (Å²) >= 11 is 0. The normalized spacial score (nSPS) is 11.1. The van der Waals surface area contributed by atoms with E-state index in [0.29, 0.717) is 45.4 Å². The van der Waals surface area contributed by atoms with Crippen LogP contribution >= 0.6 is 0 Å². The zero-order chi connectivity index (χ0) is 51.7. The van der Waals surface area contributed by atoms with Gasteiger partial charge in [0.05, 0.1) is 22.8 Å². The van der Waals surface area contributed by atoms with Crippen molar-refractivity contribution >= 4 is 68.2 Å². The molecule has 4 amide bonds. The van der Waals surface area contributed by atoms with Crippen molar-refractivity contribution in [3.05, 3.63) is 179 Å². The minimum absolute atomic E-state index is 0. The number of aromatic nitrogens is 2. The van der Waals surface area contributed by atoms with E-state index in [2.05, 4.69) is 31.2 Å². The number of fused-ring (bicyclic) bond motifs is 2. The number of nitrogens with one attached hydrogen (secondary N) is 4. The van der Waals surface area contributed by atoms with Crippen molar-refractivity contribution in [2.75, 3.05) is 21.3 Å². The number of rotatable bonds is 11. The highest BCUT2D eigenvalue weighted by molar-refractivity contribution is 6.07. The highest BCUT2D eigenvalue weighted by Gasteiger charge is 2.35. The number of alkyl halides is 6. The number of hydrogen-bond acceptors (Lipinski definition) is 10. The van der Waals surface area contributed by atoms with Crippen LogP contribution in [0.4, 0.5) is 49.4 Å². The van der Waals surface area contributed by atoms with Crippen molar-refractivity contribution in [2.24, 2.45) is 5.73 Å². The molecule has 0 fully saturated rings. The topological polar surface area (TPSA) is 210 Å². The Morgan fingerprint density at radius 1 is 0.542 bits per heavy atom. The summed E-state index contributed by atoms with van der Waals surface area (Å²) in [5.41, 5.74) is 3.21. The number of carbonyl (C=O) groups excluding carboxylic acids is 4. The van der Waals surface area contributed by atoms with Crippen molar-refractivity contribution in [1.82, 2.24) is 9.97 Å². The lowest BCUT2D eigenvalue weighted by atomic mass is 10.0. The molecular formula is C52H40F6N8O6. The molecule has 0 bridgehead atoms. The first kappa shape index (κ1) is 50.5. The molecule has 0 aliphatic carbocycles. The Kier molecular flexibility index (Phi) is 15.1. The number of nitriles is 1. The van der Waals surface area contributed by atoms with E-state index in [1.165, 1.54) is 50.5 Å². The lowest BCUT2D eigenvalue weighted by Crippen LogP contribution is -2.15. The Hall–Kier alpha value is -9.35. The highest BCUT2D eigenvalue weighted by Crippen LogP contribution is 2.36. The Balaban J connectivity index is 0.000000235. The van der Waals surface area contributed by atoms with Crippen LogP contribution in [0.25, 0.3) is 21.5 Å². The molecule has 20 heteroatoms. The van der Waals surface area contributed by atoms with Crippen LogP contribution in [0.15, 0.2) is 146 Å². The summed E-state index contributed by atoms with van der Waals surface area (Å²) in [7, 11) is 0. The molecular weight excluding hydrogens is 947 g/mol. The fraction of sp³-hybridized carbons (Fsp3) is 0.0962. The second-order valence-electron chi connectivity index (χ2n) is 15.6. The van der Waals surface area contributed by atoms with Gasteiger partial charge in [-0.25, -0.2) is 9.97 Å². The molecule has 2 aromatic heterocycles. The van der Waals surface area contributed by atoms with Crippen LogP contribution in [0.2, 0.25) is 0 Å². The maximum absolute atomic E-state index is 13.3. The molecule has 0 spiro atoms. The van der Waals surface area contributed by atoms with Crippen molar-refractivity contribution in [1.29, 1.82) is 5.26 Å². The second kappa shape index (κ2) is 21.5. The number of carbonyl (C=O) groups is 4. The van der Waals surface area contributed by atoms with Crippen molar-refractivity contribution in [3.63, 3.8) is 0 Å². The molecule has 0 atom stereocenters. The average molecular weight is 987 g/mol. The fourth-order valence-corrected chi connectivity index (χ4v) is 7.03. The van der Waals surface area contributed by atoms with Crippen LogP contribution in [0, 0.1) is 11.3 Å². The monoisotopic (exact) mass is 986 g/mol. The first-order valence-corrected chi connectivity index (χ1v) is 21.3. The van der Waals surface area contributed by atoms with E-state index < -0.39 is 40.9 Å². The molecule has 0 aliphatic rings. The molecule has 0 aliphatic heterocycles. The van der Waals surface area contributed by atoms with E-state index >= 15 is 0 Å². The van der Waals surface area contributed by atoms with Gasteiger partial charge < -0.3 is 36.5 Å². The Morgan fingerprint density at radius 3 is 1.40 bits per heavy atom. The van der Waals surface area contributed by atoms with Gasteiger partial charge in [-0.05, 0) is 118 Å². The van der Waals surface area contributed by atoms with Crippen molar-refractivity contribution in [2.45, 2.75) is 32.7 Å². The summed E-state index contributed by atoms with van der Waals surface area (Å²) in [6.45, 7) is 2.46. The zero-order valence-electron chi connectivity index (χ0n) is 37.7. The van der Waals surface area contributed by atoms with Gasteiger partial charge in [0.25, 0.3) is 11.8 Å². The Bertz CT molecular complexity index is 3440. The summed E-state index contributed by atoms with van der Waals surface area (Å²) in [4.78, 5) is 56.1. The fourth-order valence-electron chi connectivity index (χ4n) is 7.03. The van der Waals surface area contributed by atoms with E-state index in [1.54, 1.807) is 91.0 Å². The smallest absolute Gasteiger partial charge is 0.417 e. The Morgan fingerprint density at radius 2 is 0.972 bits per heavy atom. The van der Waals surface area contributed by atoms with Gasteiger partial charge in [0, 0.05) is 68.8 Å². The van der Waals surface area contributed by atoms with Gasteiger partial charge in [-0.1, -0.05) is 30.3 Å². The summed E-state index contributed by atoms with van der Waals surface area (Å²) in [6, 6.07) is 34.6. The number of nitrogens with two attached hydrogens (primary N) is 1. The van der Waals surface area contributed by atoms with Gasteiger partial charge in [0.15, 0.2) is 0 Å². The van der Waals surface area contributed by atoms with Gasteiger partial charge >= 0.3 is 12.4 Å². The molecule has 0 radical (unpaired) electrons. The average Bonchev–Trinajstić information content (AvgIpc) is 3.33. The number of pyridine rings is 2. The standard InChI is InChI=1S/C26H21F3N4O3.C26H17F3N4O3.H2/c2*1-15(34)32-24-13-22(8-9-31-24)36-21-7-5-16-2-3-17(10-19(16)11-21)25(35)33-20-6-4-18(14-30)23(12-20)26(27,28)29;/h2-13H,14,30H2,1H3,(H,33,35)(H,31,32,34);2-13H,1H3,(H,33,35)(H,31,32,34);1H. The molecule has 2 heterocycles. The van der Waals surface area contributed by atoms with Crippen LogP contribution in [0.1, 0.15) is 58.2 Å². The van der Waals surface area contributed by atoms with Crippen molar-refractivity contribution < 1.29 is 56.4 Å². The predicted octanol–water partition coefficient (Wildman–Crippen LogP) is 12.1. The van der Waals surface area contributed by atoms with Gasteiger partial charge in [-0.3, -0.25) is 19.2 Å². The third-order valence-electron chi connectivity index (χ3n) is 10.3. The van der Waals surface area contributed by atoms with Crippen LogP contribution < -0.4 is 36.5 Å². The van der Waals surface area contributed by atoms with Gasteiger partial charge in [-0.2, -0.15) is 31.6 Å². The molecule has 6 N–H and O–H groups in total. The van der Waals surface area contributed by atoms with E-state index in [1.807, 2.05) is 6.07 Å². The highest BCUT2D eigenvalue weighted by atomic mass is 19.4. The van der Waals surface area contributed by atoms with E-state index in [4.69, 9.17) is 20.5 Å². The van der Waals surface area contributed by atoms with Gasteiger partial charge in [0.2, 0.25) is 11.8 Å². The number of anilines is 4. The summed E-state index contributed by atoms with van der Waals surface area (Å²) in [6.07, 6.45) is -6.35. The lowest BCUT2D eigenvalue weighted by molar-refractivity contribution is -0.138. The number of benzene rings is 6. The van der Waals surface area contributed by atoms with Crippen molar-refractivity contribution in [3.8, 4) is 29.1 Å². The molecule has 0 saturated carbocycles. The summed E-state index contributed by atoms with van der Waals surface area (Å²) < 4.78 is 91.3. The maximum atomic E-state index is 13.3. The van der Waals surface area contributed by atoms with E-state index in [-0.39, 0.29) is 47.9 Å². The Labute approximate surface area is 406 Å². The third kappa shape index (κ3) is 13.0. The third-order valence-corrected chi connectivity index (χ3v) is 10.3. The van der Waals surface area contributed by atoms with Crippen LogP contribution in [0.5, 0.6) is 23.0 Å².